The molecule has 0 saturated heterocycles. The van der Waals surface area contributed by atoms with E-state index in [2.05, 4.69) is 15.3 Å². The highest BCUT2D eigenvalue weighted by molar-refractivity contribution is 5.78. The van der Waals surface area contributed by atoms with Gasteiger partial charge in [-0.05, 0) is 17.7 Å². The highest BCUT2D eigenvalue weighted by Gasteiger charge is 2.30. The molecule has 2 aromatic heterocycles. The van der Waals surface area contributed by atoms with Crippen LogP contribution in [0.5, 0.6) is 0 Å². The minimum Gasteiger partial charge on any atom is -0.245 e. The van der Waals surface area contributed by atoms with E-state index in [0.29, 0.717) is 17.0 Å². The lowest BCUT2D eigenvalue weighted by atomic mass is 10.0. The monoisotopic (exact) mass is 447 g/mol. The molecule has 5 aromatic rings. The summed E-state index contributed by atoms with van der Waals surface area (Å²) < 4.78 is 41.7. The Balaban J connectivity index is 1.69. The number of fused-ring (bicyclic) bond motifs is 1. The van der Waals surface area contributed by atoms with Crippen LogP contribution < -0.4 is 5.69 Å². The molecule has 0 aliphatic heterocycles. The lowest BCUT2D eigenvalue weighted by Crippen LogP contribution is -2.23. The summed E-state index contributed by atoms with van der Waals surface area (Å²) in [5.41, 5.74) is 1.50. The van der Waals surface area contributed by atoms with Crippen LogP contribution in [0.1, 0.15) is 11.1 Å². The summed E-state index contributed by atoms with van der Waals surface area (Å²) in [7, 11) is 0. The molecule has 164 valence electrons. The number of hydrogen-bond acceptors (Lipinski definition) is 4. The molecular formula is C24H16F3N5O. The summed E-state index contributed by atoms with van der Waals surface area (Å²) in [6.45, 7) is -0.138. The molecular weight excluding hydrogens is 431 g/mol. The fourth-order valence-electron chi connectivity index (χ4n) is 3.68. The van der Waals surface area contributed by atoms with Crippen molar-refractivity contribution in [2.45, 2.75) is 12.7 Å². The van der Waals surface area contributed by atoms with Gasteiger partial charge < -0.3 is 0 Å². The van der Waals surface area contributed by atoms with E-state index in [-0.39, 0.29) is 12.3 Å². The van der Waals surface area contributed by atoms with Crippen molar-refractivity contribution in [3.05, 3.63) is 107 Å². The Kier molecular flexibility index (Phi) is 5.01. The molecule has 0 radical (unpaired) electrons. The highest BCUT2D eigenvalue weighted by atomic mass is 19.4. The van der Waals surface area contributed by atoms with Crippen molar-refractivity contribution in [3.63, 3.8) is 0 Å². The largest absolute Gasteiger partial charge is 0.416 e. The maximum Gasteiger partial charge on any atom is 0.416 e. The van der Waals surface area contributed by atoms with Crippen LogP contribution in [-0.4, -0.2) is 24.4 Å². The lowest BCUT2D eigenvalue weighted by Gasteiger charge is -2.10. The smallest absolute Gasteiger partial charge is 0.245 e. The van der Waals surface area contributed by atoms with Crippen molar-refractivity contribution in [1.82, 2.24) is 24.4 Å². The third-order valence-corrected chi connectivity index (χ3v) is 5.19. The van der Waals surface area contributed by atoms with Gasteiger partial charge in [0.2, 0.25) is 0 Å². The number of benzene rings is 3. The first-order chi connectivity index (χ1) is 15.9. The maximum atomic E-state index is 13.4. The van der Waals surface area contributed by atoms with Gasteiger partial charge in [0.1, 0.15) is 5.69 Å². The SMILES string of the molecule is O=c1n(Cc2cccc(C(F)(F)F)c2)nc2nnc(-c3ccccc3)c(-c3ccccc3)n12. The van der Waals surface area contributed by atoms with E-state index in [4.69, 9.17) is 0 Å². The molecule has 9 heteroatoms. The van der Waals surface area contributed by atoms with E-state index in [0.717, 1.165) is 27.9 Å². The zero-order valence-corrected chi connectivity index (χ0v) is 17.1. The number of nitrogens with zero attached hydrogens (tertiary/aromatic N) is 5. The minimum atomic E-state index is -4.48. The molecule has 0 spiro atoms. The predicted octanol–water partition coefficient (Wildman–Crippen LogP) is 4.69. The van der Waals surface area contributed by atoms with Gasteiger partial charge >= 0.3 is 11.9 Å². The van der Waals surface area contributed by atoms with Gasteiger partial charge in [-0.25, -0.2) is 13.9 Å². The molecule has 0 amide bonds. The number of alkyl halides is 3. The van der Waals surface area contributed by atoms with Crippen LogP contribution in [0.4, 0.5) is 13.2 Å². The molecule has 0 fully saturated rings. The standard InChI is InChI=1S/C24H16F3N5O/c25-24(26,27)19-13-7-8-16(14-19)15-31-23(33)32-21(18-11-5-2-6-12-18)20(28-29-22(32)30-31)17-9-3-1-4-10-17/h1-14H,15H2. The molecule has 0 atom stereocenters. The normalized spacial score (nSPS) is 11.7. The average Bonchev–Trinajstić information content (AvgIpc) is 3.14. The van der Waals surface area contributed by atoms with Gasteiger partial charge in [0.15, 0.2) is 0 Å². The van der Waals surface area contributed by atoms with E-state index in [1.165, 1.54) is 16.5 Å². The highest BCUT2D eigenvalue weighted by Crippen LogP contribution is 2.30. The van der Waals surface area contributed by atoms with Crippen LogP contribution in [0, 0.1) is 0 Å². The van der Waals surface area contributed by atoms with E-state index < -0.39 is 17.4 Å². The van der Waals surface area contributed by atoms with E-state index in [9.17, 15) is 18.0 Å². The second-order valence-corrected chi connectivity index (χ2v) is 7.40. The van der Waals surface area contributed by atoms with Crippen molar-refractivity contribution in [2.24, 2.45) is 0 Å². The molecule has 0 bridgehead atoms. The molecule has 0 aliphatic rings. The maximum absolute atomic E-state index is 13.4. The predicted molar refractivity (Wildman–Crippen MR) is 116 cm³/mol. The van der Waals surface area contributed by atoms with Gasteiger partial charge in [-0.2, -0.15) is 13.2 Å². The van der Waals surface area contributed by atoms with E-state index >= 15 is 0 Å². The van der Waals surface area contributed by atoms with Crippen molar-refractivity contribution in [3.8, 4) is 22.5 Å². The number of halogens is 3. The second-order valence-electron chi connectivity index (χ2n) is 7.40. The first-order valence-electron chi connectivity index (χ1n) is 10.0. The van der Waals surface area contributed by atoms with Gasteiger partial charge in [0, 0.05) is 11.1 Å². The van der Waals surface area contributed by atoms with Crippen LogP contribution in [-0.2, 0) is 12.7 Å². The summed E-state index contributed by atoms with van der Waals surface area (Å²) in [5, 5.41) is 12.7. The molecule has 3 aromatic carbocycles. The second kappa shape index (κ2) is 8.01. The van der Waals surface area contributed by atoms with Crippen LogP contribution >= 0.6 is 0 Å². The summed E-state index contributed by atoms with van der Waals surface area (Å²) in [4.78, 5) is 13.4. The topological polar surface area (TPSA) is 65.1 Å². The van der Waals surface area contributed by atoms with Gasteiger partial charge in [-0.15, -0.1) is 15.3 Å². The van der Waals surface area contributed by atoms with Crippen molar-refractivity contribution < 1.29 is 13.2 Å². The lowest BCUT2D eigenvalue weighted by molar-refractivity contribution is -0.137. The molecule has 0 aliphatic carbocycles. The number of aromatic nitrogens is 5. The Hall–Kier alpha value is -4.27. The van der Waals surface area contributed by atoms with E-state index in [1.807, 2.05) is 60.7 Å². The average molecular weight is 447 g/mol. The Labute approximate surface area is 185 Å². The first-order valence-corrected chi connectivity index (χ1v) is 10.0. The fourth-order valence-corrected chi connectivity index (χ4v) is 3.68. The zero-order valence-electron chi connectivity index (χ0n) is 17.1. The van der Waals surface area contributed by atoms with Gasteiger partial charge in [-0.3, -0.25) is 0 Å². The molecule has 6 nitrogen and oxygen atoms in total. The fraction of sp³-hybridized carbons (Fsp3) is 0.0833. The quantitative estimate of drug-likeness (QED) is 0.401. The van der Waals surface area contributed by atoms with Crippen molar-refractivity contribution in [2.75, 3.05) is 0 Å². The van der Waals surface area contributed by atoms with Crippen molar-refractivity contribution in [1.29, 1.82) is 0 Å². The summed E-state index contributed by atoms with van der Waals surface area (Å²) in [6, 6.07) is 23.4. The van der Waals surface area contributed by atoms with Crippen molar-refractivity contribution >= 4 is 5.78 Å². The Morgan fingerprint density at radius 2 is 1.45 bits per heavy atom. The molecule has 2 heterocycles. The Morgan fingerprint density at radius 3 is 2.12 bits per heavy atom. The van der Waals surface area contributed by atoms with Crippen LogP contribution in [0.25, 0.3) is 28.3 Å². The van der Waals surface area contributed by atoms with Crippen LogP contribution in [0.2, 0.25) is 0 Å². The number of rotatable bonds is 4. The zero-order chi connectivity index (χ0) is 23.0. The third kappa shape index (κ3) is 3.89. The van der Waals surface area contributed by atoms with Gasteiger partial charge in [0.25, 0.3) is 5.78 Å². The Morgan fingerprint density at radius 1 is 0.788 bits per heavy atom. The van der Waals surface area contributed by atoms with Crippen LogP contribution in [0.3, 0.4) is 0 Å². The number of hydrogen-bond donors (Lipinski definition) is 0. The summed E-state index contributed by atoms with van der Waals surface area (Å²) in [6.07, 6.45) is -4.48. The molecule has 0 saturated carbocycles. The van der Waals surface area contributed by atoms with Gasteiger partial charge in [-0.1, -0.05) is 72.8 Å². The summed E-state index contributed by atoms with van der Waals surface area (Å²) in [5.74, 6) is 0.0607. The van der Waals surface area contributed by atoms with Crippen LogP contribution in [0.15, 0.2) is 89.7 Å². The summed E-state index contributed by atoms with van der Waals surface area (Å²) >= 11 is 0. The minimum absolute atomic E-state index is 0.0607. The third-order valence-electron chi connectivity index (χ3n) is 5.19. The van der Waals surface area contributed by atoms with Gasteiger partial charge in [0.05, 0.1) is 17.8 Å². The van der Waals surface area contributed by atoms with E-state index in [1.54, 1.807) is 0 Å². The molecule has 0 unspecified atom stereocenters. The molecule has 0 N–H and O–H groups in total. The molecule has 5 rings (SSSR count). The first kappa shape index (κ1) is 20.6. The molecule has 33 heavy (non-hydrogen) atoms. The Bertz CT molecular complexity index is 1490.